The first-order valence-corrected chi connectivity index (χ1v) is 8.85. The van der Waals surface area contributed by atoms with E-state index in [2.05, 4.69) is 15.2 Å². The van der Waals surface area contributed by atoms with E-state index in [1.807, 2.05) is 48.9 Å². The molecule has 2 aromatic carbocycles. The summed E-state index contributed by atoms with van der Waals surface area (Å²) in [5.74, 6) is 1.09. The average Bonchev–Trinajstić information content (AvgIpc) is 3.03. The van der Waals surface area contributed by atoms with Crippen molar-refractivity contribution in [3.05, 3.63) is 77.1 Å². The second-order valence-corrected chi connectivity index (χ2v) is 6.25. The number of halogens is 1. The Labute approximate surface area is 156 Å². The number of aromatic nitrogens is 3. The molecule has 138 valence electrons. The molecule has 2 heterocycles. The molecule has 4 rings (SSSR count). The first-order chi connectivity index (χ1) is 13.2. The number of hydrogen-bond donors (Lipinski definition) is 0. The highest BCUT2D eigenvalue weighted by Crippen LogP contribution is 2.26. The summed E-state index contributed by atoms with van der Waals surface area (Å²) in [5, 5.41) is 10.3. The van der Waals surface area contributed by atoms with Gasteiger partial charge in [-0.15, -0.1) is 10.2 Å². The lowest BCUT2D eigenvalue weighted by Crippen LogP contribution is -2.19. The zero-order valence-corrected chi connectivity index (χ0v) is 15.3. The minimum absolute atomic E-state index is 0.292. The molecule has 0 atom stereocenters. The van der Waals surface area contributed by atoms with Gasteiger partial charge in [0.2, 0.25) is 0 Å². The SMILES string of the molecule is CCN(C)OCc1nnc2n1-c1ccccc1C(c1ccccc1F)=NC2. The summed E-state index contributed by atoms with van der Waals surface area (Å²) in [5.41, 5.74) is 2.81. The summed E-state index contributed by atoms with van der Waals surface area (Å²) in [6.07, 6.45) is 0. The van der Waals surface area contributed by atoms with E-state index in [0.717, 1.165) is 17.8 Å². The molecule has 0 radical (unpaired) electrons. The molecule has 0 fully saturated rings. The third-order valence-electron chi connectivity index (χ3n) is 4.56. The van der Waals surface area contributed by atoms with Gasteiger partial charge in [-0.2, -0.15) is 5.06 Å². The third-order valence-corrected chi connectivity index (χ3v) is 4.56. The molecule has 1 aliphatic heterocycles. The molecule has 6 nitrogen and oxygen atoms in total. The van der Waals surface area contributed by atoms with Crippen molar-refractivity contribution in [3.8, 4) is 5.69 Å². The topological polar surface area (TPSA) is 55.5 Å². The predicted molar refractivity (Wildman–Crippen MR) is 100 cm³/mol. The van der Waals surface area contributed by atoms with Crippen LogP contribution in [-0.2, 0) is 18.0 Å². The van der Waals surface area contributed by atoms with Crippen LogP contribution < -0.4 is 0 Å². The zero-order valence-electron chi connectivity index (χ0n) is 15.3. The summed E-state index contributed by atoms with van der Waals surface area (Å²) in [4.78, 5) is 10.4. The highest BCUT2D eigenvalue weighted by Gasteiger charge is 2.24. The molecule has 0 N–H and O–H groups in total. The Bertz CT molecular complexity index is 998. The predicted octanol–water partition coefficient (Wildman–Crippen LogP) is 3.14. The molecule has 0 amide bonds. The first-order valence-electron chi connectivity index (χ1n) is 8.85. The van der Waals surface area contributed by atoms with E-state index < -0.39 is 0 Å². The number of aliphatic imine (C=N–C) groups is 1. The molecule has 7 heteroatoms. The van der Waals surface area contributed by atoms with E-state index in [1.165, 1.54) is 6.07 Å². The van der Waals surface area contributed by atoms with Crippen LogP contribution >= 0.6 is 0 Å². The number of hydrogen-bond acceptors (Lipinski definition) is 5. The minimum Gasteiger partial charge on any atom is -0.291 e. The summed E-state index contributed by atoms with van der Waals surface area (Å²) in [6, 6.07) is 14.5. The van der Waals surface area contributed by atoms with Gasteiger partial charge in [-0.25, -0.2) is 4.39 Å². The molecule has 0 spiro atoms. The summed E-state index contributed by atoms with van der Waals surface area (Å²) in [6.45, 7) is 3.38. The third kappa shape index (κ3) is 3.27. The second-order valence-electron chi connectivity index (χ2n) is 6.25. The lowest BCUT2D eigenvalue weighted by atomic mass is 10.00. The van der Waals surface area contributed by atoms with Crippen LogP contribution in [0.3, 0.4) is 0 Å². The van der Waals surface area contributed by atoms with E-state index >= 15 is 0 Å². The van der Waals surface area contributed by atoms with Gasteiger partial charge in [0, 0.05) is 24.7 Å². The van der Waals surface area contributed by atoms with Crippen molar-refractivity contribution in [2.24, 2.45) is 4.99 Å². The largest absolute Gasteiger partial charge is 0.291 e. The minimum atomic E-state index is -0.295. The maximum Gasteiger partial charge on any atom is 0.165 e. The lowest BCUT2D eigenvalue weighted by Gasteiger charge is -2.16. The van der Waals surface area contributed by atoms with Gasteiger partial charge in [-0.3, -0.25) is 14.4 Å². The molecular formula is C20H20FN5O. The van der Waals surface area contributed by atoms with Crippen LogP contribution in [0.25, 0.3) is 5.69 Å². The summed E-state index contributed by atoms with van der Waals surface area (Å²) >= 11 is 0. The van der Waals surface area contributed by atoms with Gasteiger partial charge in [-0.05, 0) is 18.2 Å². The van der Waals surface area contributed by atoms with Gasteiger partial charge in [-0.1, -0.05) is 37.3 Å². The van der Waals surface area contributed by atoms with Crippen molar-refractivity contribution in [1.82, 2.24) is 19.8 Å². The van der Waals surface area contributed by atoms with Crippen molar-refractivity contribution in [2.45, 2.75) is 20.1 Å². The first kappa shape index (κ1) is 17.5. The lowest BCUT2D eigenvalue weighted by molar-refractivity contribution is -0.149. The Kier molecular flexibility index (Phi) is 4.79. The molecular weight excluding hydrogens is 345 g/mol. The van der Waals surface area contributed by atoms with Crippen LogP contribution in [0.5, 0.6) is 0 Å². The molecule has 3 aromatic rings. The van der Waals surface area contributed by atoms with Crippen molar-refractivity contribution in [3.63, 3.8) is 0 Å². The number of nitrogens with zero attached hydrogens (tertiary/aromatic N) is 5. The van der Waals surface area contributed by atoms with Crippen molar-refractivity contribution < 1.29 is 9.23 Å². The fraction of sp³-hybridized carbons (Fsp3) is 0.250. The molecule has 27 heavy (non-hydrogen) atoms. The van der Waals surface area contributed by atoms with Crippen molar-refractivity contribution >= 4 is 5.71 Å². The van der Waals surface area contributed by atoms with E-state index in [1.54, 1.807) is 17.2 Å². The van der Waals surface area contributed by atoms with Crippen LogP contribution in [0.15, 0.2) is 53.5 Å². The number of benzene rings is 2. The van der Waals surface area contributed by atoms with Gasteiger partial charge in [0.05, 0.1) is 11.4 Å². The van der Waals surface area contributed by atoms with Crippen LogP contribution in [0, 0.1) is 5.82 Å². The van der Waals surface area contributed by atoms with Crippen LogP contribution in [-0.4, -0.2) is 39.1 Å². The number of fused-ring (bicyclic) bond motifs is 3. The highest BCUT2D eigenvalue weighted by molar-refractivity contribution is 6.15. The van der Waals surface area contributed by atoms with Crippen molar-refractivity contribution in [1.29, 1.82) is 0 Å². The number of rotatable bonds is 5. The fourth-order valence-electron chi connectivity index (χ4n) is 3.07. The quantitative estimate of drug-likeness (QED) is 0.652. The maximum absolute atomic E-state index is 14.4. The molecule has 0 saturated carbocycles. The zero-order chi connectivity index (χ0) is 18.8. The highest BCUT2D eigenvalue weighted by atomic mass is 19.1. The van der Waals surface area contributed by atoms with Gasteiger partial charge in [0.15, 0.2) is 11.6 Å². The van der Waals surface area contributed by atoms with Gasteiger partial charge >= 0.3 is 0 Å². The second kappa shape index (κ2) is 7.38. The van der Waals surface area contributed by atoms with E-state index in [9.17, 15) is 4.39 Å². The molecule has 0 bridgehead atoms. The van der Waals surface area contributed by atoms with Crippen LogP contribution in [0.1, 0.15) is 29.7 Å². The van der Waals surface area contributed by atoms with Crippen molar-refractivity contribution in [2.75, 3.05) is 13.6 Å². The van der Waals surface area contributed by atoms with Crippen LogP contribution in [0.4, 0.5) is 4.39 Å². The van der Waals surface area contributed by atoms with E-state index in [4.69, 9.17) is 4.84 Å². The van der Waals surface area contributed by atoms with E-state index in [-0.39, 0.29) is 5.82 Å². The Balaban J connectivity index is 1.81. The summed E-state index contributed by atoms with van der Waals surface area (Å²) in [7, 11) is 1.87. The maximum atomic E-state index is 14.4. The molecule has 0 unspecified atom stereocenters. The van der Waals surface area contributed by atoms with Gasteiger partial charge in [0.1, 0.15) is 19.0 Å². The number of para-hydroxylation sites is 1. The smallest absolute Gasteiger partial charge is 0.165 e. The molecule has 0 saturated heterocycles. The van der Waals surface area contributed by atoms with Gasteiger partial charge in [0.25, 0.3) is 0 Å². The monoisotopic (exact) mass is 365 g/mol. The molecule has 1 aromatic heterocycles. The Morgan fingerprint density at radius 2 is 1.81 bits per heavy atom. The van der Waals surface area contributed by atoms with Crippen LogP contribution in [0.2, 0.25) is 0 Å². The normalized spacial score (nSPS) is 13.1. The average molecular weight is 365 g/mol. The Hall–Kier alpha value is -2.90. The number of hydroxylamine groups is 2. The summed E-state index contributed by atoms with van der Waals surface area (Å²) < 4.78 is 16.4. The Morgan fingerprint density at radius 3 is 2.59 bits per heavy atom. The standard InChI is InChI=1S/C20H20FN5O/c1-3-25(2)27-13-19-24-23-18-12-22-20(14-8-4-6-10-16(14)21)15-9-5-7-11-17(15)26(18)19/h4-11H,3,12-13H2,1-2H3. The van der Waals surface area contributed by atoms with E-state index in [0.29, 0.717) is 36.1 Å². The van der Waals surface area contributed by atoms with Gasteiger partial charge < -0.3 is 0 Å². The Morgan fingerprint density at radius 1 is 1.07 bits per heavy atom. The molecule has 1 aliphatic rings. The molecule has 0 aliphatic carbocycles. The fourth-order valence-corrected chi connectivity index (χ4v) is 3.07.